The monoisotopic (exact) mass is 357 g/mol. The zero-order chi connectivity index (χ0) is 12.8. The zero-order valence-electron chi connectivity index (χ0n) is 10.3. The lowest BCUT2D eigenvalue weighted by molar-refractivity contribution is 0.185. The number of ether oxygens (including phenoxy) is 1. The van der Waals surface area contributed by atoms with E-state index in [0.29, 0.717) is 6.61 Å². The second kappa shape index (κ2) is 6.92. The molecule has 1 N–H and O–H groups in total. The molecule has 0 atom stereocenters. The van der Waals surface area contributed by atoms with Gasteiger partial charge in [0.2, 0.25) is 0 Å². The van der Waals surface area contributed by atoms with Gasteiger partial charge in [-0.2, -0.15) is 0 Å². The van der Waals surface area contributed by atoms with Crippen LogP contribution in [0, 0.1) is 3.77 Å². The van der Waals surface area contributed by atoms with E-state index in [-0.39, 0.29) is 0 Å². The SMILES string of the molecule is COCc1cccc(CNCc2ccc(I)o2)c1. The van der Waals surface area contributed by atoms with E-state index in [1.54, 1.807) is 7.11 Å². The summed E-state index contributed by atoms with van der Waals surface area (Å²) < 4.78 is 11.5. The van der Waals surface area contributed by atoms with Crippen molar-refractivity contribution in [3.63, 3.8) is 0 Å². The van der Waals surface area contributed by atoms with Crippen molar-refractivity contribution >= 4 is 22.6 Å². The molecule has 0 saturated heterocycles. The van der Waals surface area contributed by atoms with Gasteiger partial charge in [-0.25, -0.2) is 0 Å². The number of nitrogens with one attached hydrogen (secondary N) is 1. The van der Waals surface area contributed by atoms with Crippen LogP contribution >= 0.6 is 22.6 Å². The fourth-order valence-electron chi connectivity index (χ4n) is 1.77. The molecule has 4 heteroatoms. The molecule has 18 heavy (non-hydrogen) atoms. The summed E-state index contributed by atoms with van der Waals surface area (Å²) in [7, 11) is 1.71. The van der Waals surface area contributed by atoms with E-state index in [2.05, 4.69) is 52.2 Å². The molecule has 2 rings (SSSR count). The molecule has 1 aromatic heterocycles. The van der Waals surface area contributed by atoms with Crippen molar-refractivity contribution in [2.24, 2.45) is 0 Å². The molecule has 0 spiro atoms. The molecule has 1 heterocycles. The first-order valence-electron chi connectivity index (χ1n) is 5.79. The summed E-state index contributed by atoms with van der Waals surface area (Å²) in [6.07, 6.45) is 0. The summed E-state index contributed by atoms with van der Waals surface area (Å²) in [4.78, 5) is 0. The average Bonchev–Trinajstić information content (AvgIpc) is 2.76. The van der Waals surface area contributed by atoms with Crippen LogP contribution in [0.3, 0.4) is 0 Å². The summed E-state index contributed by atoms with van der Waals surface area (Å²) >= 11 is 2.17. The minimum absolute atomic E-state index is 0.657. The smallest absolute Gasteiger partial charge is 0.164 e. The standard InChI is InChI=1S/C14H16INO2/c1-17-10-12-4-2-3-11(7-12)8-16-9-13-5-6-14(15)18-13/h2-7,16H,8-10H2,1H3. The second-order valence-corrected chi connectivity index (χ2v) is 5.13. The van der Waals surface area contributed by atoms with Crippen molar-refractivity contribution in [2.75, 3.05) is 7.11 Å². The van der Waals surface area contributed by atoms with Crippen LogP contribution in [-0.2, 0) is 24.4 Å². The maximum Gasteiger partial charge on any atom is 0.164 e. The van der Waals surface area contributed by atoms with Gasteiger partial charge >= 0.3 is 0 Å². The molecule has 0 unspecified atom stereocenters. The lowest BCUT2D eigenvalue weighted by Gasteiger charge is -2.05. The minimum Gasteiger partial charge on any atom is -0.454 e. The number of rotatable bonds is 6. The highest BCUT2D eigenvalue weighted by Crippen LogP contribution is 2.10. The van der Waals surface area contributed by atoms with E-state index >= 15 is 0 Å². The molecular weight excluding hydrogens is 341 g/mol. The van der Waals surface area contributed by atoms with Crippen LogP contribution in [0.2, 0.25) is 0 Å². The third-order valence-electron chi connectivity index (χ3n) is 2.56. The molecule has 0 aliphatic rings. The van der Waals surface area contributed by atoms with Gasteiger partial charge < -0.3 is 14.5 Å². The second-order valence-electron chi connectivity index (χ2n) is 4.06. The van der Waals surface area contributed by atoms with Gasteiger partial charge in [0.25, 0.3) is 0 Å². The molecule has 0 amide bonds. The first-order chi connectivity index (χ1) is 8.78. The van der Waals surface area contributed by atoms with Crippen LogP contribution in [-0.4, -0.2) is 7.11 Å². The van der Waals surface area contributed by atoms with Gasteiger partial charge in [0.15, 0.2) is 3.77 Å². The van der Waals surface area contributed by atoms with Gasteiger partial charge in [0.1, 0.15) is 5.76 Å². The van der Waals surface area contributed by atoms with Gasteiger partial charge in [-0.15, -0.1) is 0 Å². The average molecular weight is 357 g/mol. The van der Waals surface area contributed by atoms with Crippen molar-refractivity contribution in [2.45, 2.75) is 19.7 Å². The largest absolute Gasteiger partial charge is 0.454 e. The summed E-state index contributed by atoms with van der Waals surface area (Å²) in [6, 6.07) is 12.4. The number of hydrogen-bond acceptors (Lipinski definition) is 3. The fraction of sp³-hybridized carbons (Fsp3) is 0.286. The Balaban J connectivity index is 1.84. The van der Waals surface area contributed by atoms with E-state index in [4.69, 9.17) is 9.15 Å². The highest BCUT2D eigenvalue weighted by Gasteiger charge is 2.00. The maximum atomic E-state index is 5.49. The van der Waals surface area contributed by atoms with Gasteiger partial charge in [-0.3, -0.25) is 0 Å². The normalized spacial score (nSPS) is 10.8. The quantitative estimate of drug-likeness (QED) is 0.806. The van der Waals surface area contributed by atoms with Gasteiger partial charge in [0, 0.05) is 13.7 Å². The van der Waals surface area contributed by atoms with Crippen LogP contribution in [0.4, 0.5) is 0 Å². The number of furan rings is 1. The molecule has 96 valence electrons. The summed E-state index contributed by atoms with van der Waals surface area (Å²) in [6.45, 7) is 2.23. The molecule has 0 bridgehead atoms. The van der Waals surface area contributed by atoms with Crippen molar-refractivity contribution in [1.82, 2.24) is 5.32 Å². The van der Waals surface area contributed by atoms with Crippen LogP contribution in [0.15, 0.2) is 40.8 Å². The topological polar surface area (TPSA) is 34.4 Å². The Morgan fingerprint density at radius 1 is 1.17 bits per heavy atom. The zero-order valence-corrected chi connectivity index (χ0v) is 12.4. The van der Waals surface area contributed by atoms with Crippen LogP contribution < -0.4 is 5.32 Å². The van der Waals surface area contributed by atoms with E-state index in [1.165, 1.54) is 11.1 Å². The molecule has 0 aliphatic heterocycles. The lowest BCUT2D eigenvalue weighted by atomic mass is 10.1. The third-order valence-corrected chi connectivity index (χ3v) is 3.14. The number of benzene rings is 1. The van der Waals surface area contributed by atoms with Crippen LogP contribution in [0.5, 0.6) is 0 Å². The Kier molecular flexibility index (Phi) is 5.22. The van der Waals surface area contributed by atoms with Crippen molar-refractivity contribution in [3.8, 4) is 0 Å². The summed E-state index contributed by atoms with van der Waals surface area (Å²) in [5, 5.41) is 3.36. The van der Waals surface area contributed by atoms with Gasteiger partial charge in [-0.05, 0) is 45.9 Å². The van der Waals surface area contributed by atoms with Crippen molar-refractivity contribution < 1.29 is 9.15 Å². The first kappa shape index (κ1) is 13.6. The Bertz CT molecular complexity index is 496. The molecule has 0 fully saturated rings. The Labute approximate surface area is 121 Å². The summed E-state index contributed by atoms with van der Waals surface area (Å²) in [5.41, 5.74) is 2.45. The minimum atomic E-state index is 0.657. The number of hydrogen-bond donors (Lipinski definition) is 1. The van der Waals surface area contributed by atoms with E-state index in [1.807, 2.05) is 12.1 Å². The van der Waals surface area contributed by atoms with Gasteiger partial charge in [0.05, 0.1) is 13.2 Å². The van der Waals surface area contributed by atoms with Crippen molar-refractivity contribution in [3.05, 3.63) is 57.1 Å². The molecule has 0 radical (unpaired) electrons. The molecule has 2 aromatic rings. The molecule has 3 nitrogen and oxygen atoms in total. The first-order valence-corrected chi connectivity index (χ1v) is 6.87. The third kappa shape index (κ3) is 4.12. The Hall–Kier alpha value is -0.850. The highest BCUT2D eigenvalue weighted by molar-refractivity contribution is 14.1. The van der Waals surface area contributed by atoms with Crippen LogP contribution in [0.25, 0.3) is 0 Å². The van der Waals surface area contributed by atoms with Crippen molar-refractivity contribution in [1.29, 1.82) is 0 Å². The Morgan fingerprint density at radius 3 is 2.72 bits per heavy atom. The lowest BCUT2D eigenvalue weighted by Crippen LogP contribution is -2.12. The maximum absolute atomic E-state index is 5.49. The number of methoxy groups -OCH3 is 1. The highest BCUT2D eigenvalue weighted by atomic mass is 127. The molecule has 0 saturated carbocycles. The fourth-order valence-corrected chi connectivity index (χ4v) is 2.24. The predicted molar refractivity (Wildman–Crippen MR) is 79.1 cm³/mol. The predicted octanol–water partition coefficient (Wildman–Crippen LogP) is 3.32. The van der Waals surface area contributed by atoms with Gasteiger partial charge in [-0.1, -0.05) is 24.3 Å². The molecule has 1 aromatic carbocycles. The van der Waals surface area contributed by atoms with E-state index in [9.17, 15) is 0 Å². The molecular formula is C14H16INO2. The Morgan fingerprint density at radius 2 is 2.00 bits per heavy atom. The summed E-state index contributed by atoms with van der Waals surface area (Å²) in [5.74, 6) is 0.965. The van der Waals surface area contributed by atoms with E-state index < -0.39 is 0 Å². The molecule has 0 aliphatic carbocycles. The van der Waals surface area contributed by atoms with Crippen LogP contribution in [0.1, 0.15) is 16.9 Å². The van der Waals surface area contributed by atoms with E-state index in [0.717, 1.165) is 22.6 Å². The number of halogens is 1.